The average molecular weight is 351 g/mol. The van der Waals surface area contributed by atoms with E-state index in [1.54, 1.807) is 16.7 Å². The molecule has 1 aliphatic heterocycles. The second-order valence-electron chi connectivity index (χ2n) is 5.62. The molecule has 1 aromatic carbocycles. The van der Waals surface area contributed by atoms with Crippen molar-refractivity contribution in [3.63, 3.8) is 0 Å². The molecule has 24 heavy (non-hydrogen) atoms. The van der Waals surface area contributed by atoms with Crippen LogP contribution in [0.15, 0.2) is 30.3 Å². The number of thioether (sulfide) groups is 1. The van der Waals surface area contributed by atoms with Gasteiger partial charge in [0.1, 0.15) is 6.04 Å². The highest BCUT2D eigenvalue weighted by molar-refractivity contribution is 7.98. The van der Waals surface area contributed by atoms with Gasteiger partial charge in [-0.1, -0.05) is 18.2 Å². The highest BCUT2D eigenvalue weighted by Gasteiger charge is 2.26. The number of piperazine rings is 1. The van der Waals surface area contributed by atoms with Crippen LogP contribution in [0.1, 0.15) is 6.42 Å². The van der Waals surface area contributed by atoms with E-state index in [9.17, 15) is 9.59 Å². The first kappa shape index (κ1) is 18.4. The van der Waals surface area contributed by atoms with Crippen LogP contribution >= 0.6 is 11.8 Å². The average Bonchev–Trinajstić information content (AvgIpc) is 2.65. The summed E-state index contributed by atoms with van der Waals surface area (Å²) in [5, 5.41) is 2.81. The molecule has 7 heteroatoms. The maximum Gasteiger partial charge on any atom is 0.328 e. The van der Waals surface area contributed by atoms with Crippen molar-refractivity contribution in [2.75, 3.05) is 50.2 Å². The number of anilines is 1. The van der Waals surface area contributed by atoms with Crippen LogP contribution in [0.4, 0.5) is 10.5 Å². The van der Waals surface area contributed by atoms with Gasteiger partial charge < -0.3 is 19.9 Å². The molecule has 1 aliphatic rings. The zero-order valence-corrected chi connectivity index (χ0v) is 15.1. The molecule has 6 nitrogen and oxygen atoms in total. The van der Waals surface area contributed by atoms with Gasteiger partial charge in [0.25, 0.3) is 0 Å². The van der Waals surface area contributed by atoms with Gasteiger partial charge in [-0.15, -0.1) is 0 Å². The summed E-state index contributed by atoms with van der Waals surface area (Å²) in [5.74, 6) is 0.405. The number of carbonyl (C=O) groups is 2. The normalized spacial score (nSPS) is 15.8. The van der Waals surface area contributed by atoms with Crippen molar-refractivity contribution in [1.29, 1.82) is 0 Å². The van der Waals surface area contributed by atoms with E-state index in [1.165, 1.54) is 12.8 Å². The van der Waals surface area contributed by atoms with Crippen LogP contribution < -0.4 is 10.2 Å². The molecule has 2 amide bonds. The van der Waals surface area contributed by atoms with Crippen molar-refractivity contribution in [3.8, 4) is 0 Å². The predicted octanol–water partition coefficient (Wildman–Crippen LogP) is 1.81. The predicted molar refractivity (Wildman–Crippen MR) is 97.6 cm³/mol. The van der Waals surface area contributed by atoms with Gasteiger partial charge in [0, 0.05) is 31.9 Å². The number of ether oxygens (including phenoxy) is 1. The van der Waals surface area contributed by atoms with Gasteiger partial charge in [-0.05, 0) is 30.6 Å². The smallest absolute Gasteiger partial charge is 0.328 e. The van der Waals surface area contributed by atoms with Crippen molar-refractivity contribution in [1.82, 2.24) is 10.2 Å². The van der Waals surface area contributed by atoms with Crippen molar-refractivity contribution >= 4 is 29.4 Å². The molecule has 0 radical (unpaired) electrons. The van der Waals surface area contributed by atoms with Gasteiger partial charge in [0.05, 0.1) is 7.11 Å². The van der Waals surface area contributed by atoms with Crippen molar-refractivity contribution in [3.05, 3.63) is 30.3 Å². The highest BCUT2D eigenvalue weighted by Crippen LogP contribution is 2.15. The molecule has 132 valence electrons. The monoisotopic (exact) mass is 351 g/mol. The summed E-state index contributed by atoms with van der Waals surface area (Å²) in [6, 6.07) is 9.40. The van der Waals surface area contributed by atoms with Gasteiger partial charge in [0.15, 0.2) is 0 Å². The Morgan fingerprint density at radius 2 is 1.88 bits per heavy atom. The topological polar surface area (TPSA) is 61.9 Å². The Morgan fingerprint density at radius 3 is 2.46 bits per heavy atom. The quantitative estimate of drug-likeness (QED) is 0.792. The number of esters is 1. The molecule has 2 rings (SSSR count). The van der Waals surface area contributed by atoms with Crippen LogP contribution in [0.25, 0.3) is 0 Å². The zero-order valence-electron chi connectivity index (χ0n) is 14.2. The van der Waals surface area contributed by atoms with E-state index in [0.29, 0.717) is 19.5 Å². The minimum absolute atomic E-state index is 0.195. The summed E-state index contributed by atoms with van der Waals surface area (Å²) in [6.45, 7) is 2.84. The molecule has 1 fully saturated rings. The lowest BCUT2D eigenvalue weighted by molar-refractivity contribution is -0.142. The first-order chi connectivity index (χ1) is 11.7. The number of benzene rings is 1. The van der Waals surface area contributed by atoms with E-state index in [-0.39, 0.29) is 12.0 Å². The van der Waals surface area contributed by atoms with Crippen LogP contribution in [-0.2, 0) is 9.53 Å². The number of nitrogens with one attached hydrogen (secondary N) is 1. The van der Waals surface area contributed by atoms with Gasteiger partial charge in [0.2, 0.25) is 0 Å². The third-order valence-corrected chi connectivity index (χ3v) is 4.73. The molecule has 0 spiro atoms. The molecule has 0 saturated carbocycles. The van der Waals surface area contributed by atoms with E-state index < -0.39 is 6.04 Å². The Kier molecular flexibility index (Phi) is 7.24. The summed E-state index contributed by atoms with van der Waals surface area (Å²) in [5.41, 5.74) is 1.17. The van der Waals surface area contributed by atoms with Crippen LogP contribution in [0.2, 0.25) is 0 Å². The molecule has 0 aliphatic carbocycles. The molecular weight excluding hydrogens is 326 g/mol. The maximum absolute atomic E-state index is 12.4. The second kappa shape index (κ2) is 9.42. The number of hydrogen-bond donors (Lipinski definition) is 1. The fraction of sp³-hybridized carbons (Fsp3) is 0.529. The number of hydrogen-bond acceptors (Lipinski definition) is 5. The number of nitrogens with zero attached hydrogens (tertiary/aromatic N) is 2. The van der Waals surface area contributed by atoms with Crippen LogP contribution in [0.5, 0.6) is 0 Å². The number of carbonyl (C=O) groups excluding carboxylic acids is 2. The Balaban J connectivity index is 1.86. The number of methoxy groups -OCH3 is 1. The lowest BCUT2D eigenvalue weighted by Gasteiger charge is -2.36. The Labute approximate surface area is 147 Å². The van der Waals surface area contributed by atoms with Gasteiger partial charge in [-0.2, -0.15) is 11.8 Å². The van der Waals surface area contributed by atoms with Crippen LogP contribution in [0, 0.1) is 0 Å². The van der Waals surface area contributed by atoms with Gasteiger partial charge in [-0.25, -0.2) is 9.59 Å². The summed E-state index contributed by atoms with van der Waals surface area (Å²) in [6.07, 6.45) is 2.54. The summed E-state index contributed by atoms with van der Waals surface area (Å²) < 4.78 is 4.78. The van der Waals surface area contributed by atoms with Crippen LogP contribution in [0.3, 0.4) is 0 Å². The fourth-order valence-electron chi connectivity index (χ4n) is 2.67. The lowest BCUT2D eigenvalue weighted by Crippen LogP contribution is -2.55. The van der Waals surface area contributed by atoms with E-state index in [0.717, 1.165) is 18.8 Å². The Hall–Kier alpha value is -1.89. The van der Waals surface area contributed by atoms with Crippen molar-refractivity contribution in [2.24, 2.45) is 0 Å². The summed E-state index contributed by atoms with van der Waals surface area (Å²) in [4.78, 5) is 28.2. The lowest BCUT2D eigenvalue weighted by atomic mass is 10.2. The molecule has 1 heterocycles. The van der Waals surface area contributed by atoms with Crippen molar-refractivity contribution in [2.45, 2.75) is 12.5 Å². The third kappa shape index (κ3) is 5.06. The molecule has 1 N–H and O–H groups in total. The fourth-order valence-corrected chi connectivity index (χ4v) is 3.15. The summed E-state index contributed by atoms with van der Waals surface area (Å²) >= 11 is 1.64. The maximum atomic E-state index is 12.4. The number of rotatable bonds is 6. The van der Waals surface area contributed by atoms with E-state index in [2.05, 4.69) is 22.3 Å². The molecule has 1 atom stereocenters. The van der Waals surface area contributed by atoms with Gasteiger partial charge in [-0.3, -0.25) is 0 Å². The molecule has 1 saturated heterocycles. The molecule has 0 bridgehead atoms. The number of para-hydroxylation sites is 1. The van der Waals surface area contributed by atoms with Crippen molar-refractivity contribution < 1.29 is 14.3 Å². The highest BCUT2D eigenvalue weighted by atomic mass is 32.2. The molecule has 0 aromatic heterocycles. The Morgan fingerprint density at radius 1 is 1.21 bits per heavy atom. The SMILES string of the molecule is COC(=O)C(CCSC)NC(=O)N1CCN(c2ccccc2)CC1. The molecule has 1 unspecified atom stereocenters. The number of amides is 2. The van der Waals surface area contributed by atoms with E-state index in [4.69, 9.17) is 4.74 Å². The zero-order chi connectivity index (χ0) is 17.4. The van der Waals surface area contributed by atoms with E-state index >= 15 is 0 Å². The first-order valence-electron chi connectivity index (χ1n) is 8.08. The standard InChI is InChI=1S/C17H25N3O3S/c1-23-16(21)15(8-13-24-2)18-17(22)20-11-9-19(10-12-20)14-6-4-3-5-7-14/h3-7,15H,8-13H2,1-2H3,(H,18,22). The van der Waals surface area contributed by atoms with Crippen LogP contribution in [-0.4, -0.2) is 68.2 Å². The number of urea groups is 1. The minimum atomic E-state index is -0.581. The largest absolute Gasteiger partial charge is 0.467 e. The van der Waals surface area contributed by atoms with Gasteiger partial charge >= 0.3 is 12.0 Å². The van der Waals surface area contributed by atoms with E-state index in [1.807, 2.05) is 24.5 Å². The molecular formula is C17H25N3O3S. The first-order valence-corrected chi connectivity index (χ1v) is 9.47. The minimum Gasteiger partial charge on any atom is -0.467 e. The molecule has 1 aromatic rings. The second-order valence-corrected chi connectivity index (χ2v) is 6.60. The third-order valence-electron chi connectivity index (χ3n) is 4.08. The Bertz CT molecular complexity index is 533. The summed E-state index contributed by atoms with van der Waals surface area (Å²) in [7, 11) is 1.35.